The summed E-state index contributed by atoms with van der Waals surface area (Å²) in [5.41, 5.74) is 0. The van der Waals surface area contributed by atoms with E-state index in [9.17, 15) is 0 Å². The van der Waals surface area contributed by atoms with Gasteiger partial charge in [0.2, 0.25) is 0 Å². The summed E-state index contributed by atoms with van der Waals surface area (Å²) in [5, 5.41) is 0. The van der Waals surface area contributed by atoms with Gasteiger partial charge in [-0.1, -0.05) is 53.9 Å². The molecule has 0 saturated carbocycles. The molecule has 15 heavy (non-hydrogen) atoms. The first kappa shape index (κ1) is 24.5. The van der Waals surface area contributed by atoms with Crippen molar-refractivity contribution in [1.29, 1.82) is 0 Å². The zero-order chi connectivity index (χ0) is 12.0. The van der Waals surface area contributed by atoms with Crippen molar-refractivity contribution < 1.29 is 0 Å². The summed E-state index contributed by atoms with van der Waals surface area (Å²) in [6.07, 6.45) is 5.25. The van der Waals surface area contributed by atoms with Crippen LogP contribution in [0.15, 0.2) is 6.08 Å². The van der Waals surface area contributed by atoms with Crippen molar-refractivity contribution in [1.82, 2.24) is 0 Å². The summed E-state index contributed by atoms with van der Waals surface area (Å²) in [6.45, 7) is 22.7. The van der Waals surface area contributed by atoms with E-state index in [1.807, 2.05) is 0 Å². The molecule has 0 atom stereocenters. The van der Waals surface area contributed by atoms with Crippen molar-refractivity contribution in [3.63, 3.8) is 0 Å². The van der Waals surface area contributed by atoms with Gasteiger partial charge in [0, 0.05) is 0 Å². The van der Waals surface area contributed by atoms with Gasteiger partial charge >= 0.3 is 17.4 Å². The van der Waals surface area contributed by atoms with Gasteiger partial charge in [-0.15, -0.1) is 0 Å². The molecule has 0 rings (SSSR count). The molecule has 0 bridgehead atoms. The Bertz CT molecular complexity index is 73.8. The molecule has 0 fully saturated rings. The van der Waals surface area contributed by atoms with Gasteiger partial charge in [0.1, 0.15) is 0 Å². The van der Waals surface area contributed by atoms with Crippen LogP contribution in [-0.4, -0.2) is 17.4 Å². The molecule has 0 aliphatic carbocycles. The minimum atomic E-state index is 0. The molecule has 0 saturated heterocycles. The molecule has 0 aliphatic heterocycles. The monoisotopic (exact) mass is 224 g/mol. The van der Waals surface area contributed by atoms with Gasteiger partial charge in [0.25, 0.3) is 0 Å². The topological polar surface area (TPSA) is 0 Å². The number of allylic oxidation sites excluding steroid dienone is 1. The quantitative estimate of drug-likeness (QED) is 0.369. The van der Waals surface area contributed by atoms with E-state index >= 15 is 0 Å². The Hall–Kier alpha value is 0.272. The van der Waals surface area contributed by atoms with E-state index in [4.69, 9.17) is 6.58 Å². The van der Waals surface area contributed by atoms with E-state index in [-0.39, 0.29) is 17.4 Å². The predicted octanol–water partition coefficient (Wildman–Crippen LogP) is 4.74. The van der Waals surface area contributed by atoms with Crippen LogP contribution in [0.2, 0.25) is 0 Å². The summed E-state index contributed by atoms with van der Waals surface area (Å²) in [4.78, 5) is 0. The van der Waals surface area contributed by atoms with Gasteiger partial charge in [0.15, 0.2) is 0 Å². The van der Waals surface area contributed by atoms with Crippen molar-refractivity contribution in [3.8, 4) is 0 Å². The molecular formula is C14H29Al. The average Bonchev–Trinajstić information content (AvgIpc) is 1.98. The van der Waals surface area contributed by atoms with Crippen LogP contribution in [0, 0.1) is 32.3 Å². The molecule has 0 amide bonds. The van der Waals surface area contributed by atoms with Crippen LogP contribution in [-0.2, 0) is 0 Å². The second-order valence-electron chi connectivity index (χ2n) is 4.17. The maximum Gasteiger partial charge on any atom is 3.00 e. The summed E-state index contributed by atoms with van der Waals surface area (Å²) in [5.74, 6) is 1.17. The maximum absolute atomic E-state index is 5.09. The van der Waals surface area contributed by atoms with Crippen molar-refractivity contribution in [2.45, 2.75) is 53.9 Å². The maximum atomic E-state index is 5.09. The summed E-state index contributed by atoms with van der Waals surface area (Å²) >= 11 is 0. The molecule has 0 N–H and O–H groups in total. The number of hydrogen-bond donors (Lipinski definition) is 0. The minimum absolute atomic E-state index is 0. The van der Waals surface area contributed by atoms with Crippen LogP contribution in [0.1, 0.15) is 53.9 Å². The van der Waals surface area contributed by atoms with Gasteiger partial charge < -0.3 is 20.4 Å². The normalized spacial score (nSPS) is 8.07. The molecule has 0 unspecified atom stereocenters. The van der Waals surface area contributed by atoms with Gasteiger partial charge in [-0.3, -0.25) is 6.08 Å². The number of hydrogen-bond acceptors (Lipinski definition) is 0. The van der Waals surface area contributed by atoms with Crippen LogP contribution >= 0.6 is 0 Å². The first-order chi connectivity index (χ1) is 6.38. The zero-order valence-corrected chi connectivity index (χ0v) is 12.6. The van der Waals surface area contributed by atoms with Gasteiger partial charge in [-0.2, -0.15) is 11.8 Å². The molecule has 0 nitrogen and oxygen atoms in total. The molecule has 0 radical (unpaired) electrons. The largest absolute Gasteiger partial charge is 3.00 e. The minimum Gasteiger partial charge on any atom is -0.518 e. The SMILES string of the molecule is [Al+3].[CH-]=CCCCC.[CH2-]C(C)C.[CH2-]C(C)C. The average molecular weight is 224 g/mol. The Labute approximate surface area is 110 Å². The van der Waals surface area contributed by atoms with E-state index in [0.717, 1.165) is 6.42 Å². The Kier molecular flexibility index (Phi) is 38.9. The summed E-state index contributed by atoms with van der Waals surface area (Å²) in [6, 6.07) is 0. The second-order valence-corrected chi connectivity index (χ2v) is 4.17. The molecule has 0 heterocycles. The Morgan fingerprint density at radius 1 is 1.07 bits per heavy atom. The molecule has 0 aliphatic rings. The smallest absolute Gasteiger partial charge is 0.518 e. The fourth-order valence-corrected chi connectivity index (χ4v) is 0.322. The molecular weight excluding hydrogens is 195 g/mol. The van der Waals surface area contributed by atoms with Crippen LogP contribution < -0.4 is 0 Å². The van der Waals surface area contributed by atoms with Crippen LogP contribution in [0.5, 0.6) is 0 Å². The fraction of sp³-hybridized carbons (Fsp3) is 0.714. The van der Waals surface area contributed by atoms with Crippen molar-refractivity contribution in [2.75, 3.05) is 0 Å². The zero-order valence-electron chi connectivity index (χ0n) is 11.4. The molecule has 0 spiro atoms. The van der Waals surface area contributed by atoms with Gasteiger partial charge in [0.05, 0.1) is 0 Å². The Balaban J connectivity index is -0.0000000606. The van der Waals surface area contributed by atoms with Crippen molar-refractivity contribution in [3.05, 3.63) is 26.5 Å². The molecule has 88 valence electrons. The molecule has 0 aromatic carbocycles. The standard InChI is InChI=1S/C6H11.2C4H9.Al/c1-3-5-6-4-2;2*1-4(2)3;/h1,3H,4-6H2,2H3;2*4H,1H2,2-3H3;/q3*-1;+3. The number of rotatable bonds is 3. The van der Waals surface area contributed by atoms with E-state index < -0.39 is 0 Å². The van der Waals surface area contributed by atoms with Crippen LogP contribution in [0.3, 0.4) is 0 Å². The van der Waals surface area contributed by atoms with E-state index in [2.05, 4.69) is 48.5 Å². The van der Waals surface area contributed by atoms with Gasteiger partial charge in [-0.05, 0) is 0 Å². The molecule has 0 aromatic rings. The van der Waals surface area contributed by atoms with Crippen molar-refractivity contribution in [2.24, 2.45) is 11.8 Å². The van der Waals surface area contributed by atoms with Crippen LogP contribution in [0.4, 0.5) is 0 Å². The third-order valence-electron chi connectivity index (χ3n) is 0.724. The molecule has 0 aromatic heterocycles. The first-order valence-electron chi connectivity index (χ1n) is 5.57. The second kappa shape index (κ2) is 23.8. The van der Waals surface area contributed by atoms with E-state index in [1.165, 1.54) is 12.8 Å². The third-order valence-corrected chi connectivity index (χ3v) is 0.724. The van der Waals surface area contributed by atoms with E-state index in [0.29, 0.717) is 11.8 Å². The summed E-state index contributed by atoms with van der Waals surface area (Å²) < 4.78 is 0. The van der Waals surface area contributed by atoms with Gasteiger partial charge in [-0.25, -0.2) is 0 Å². The Morgan fingerprint density at radius 2 is 1.33 bits per heavy atom. The predicted molar refractivity (Wildman–Crippen MR) is 74.5 cm³/mol. The Morgan fingerprint density at radius 3 is 1.40 bits per heavy atom. The summed E-state index contributed by atoms with van der Waals surface area (Å²) in [7, 11) is 0. The van der Waals surface area contributed by atoms with Crippen LogP contribution in [0.25, 0.3) is 0 Å². The first-order valence-corrected chi connectivity index (χ1v) is 5.57. The van der Waals surface area contributed by atoms with Crippen molar-refractivity contribution >= 4 is 17.4 Å². The third kappa shape index (κ3) is 201. The molecule has 1 heteroatoms. The van der Waals surface area contributed by atoms with E-state index in [1.54, 1.807) is 6.08 Å². The fourth-order valence-electron chi connectivity index (χ4n) is 0.322. The number of unbranched alkanes of at least 4 members (excludes halogenated alkanes) is 2.